The molecule has 3 atom stereocenters. The molecule has 0 aromatic carbocycles. The van der Waals surface area contributed by atoms with Gasteiger partial charge < -0.3 is 5.11 Å². The molecule has 0 saturated heterocycles. The minimum Gasteiger partial charge on any atom is -0.504 e. The van der Waals surface area contributed by atoms with Gasteiger partial charge in [-0.3, -0.25) is 9.59 Å². The van der Waals surface area contributed by atoms with Crippen LogP contribution in [0.15, 0.2) is 34.1 Å². The average Bonchev–Trinajstić information content (AvgIpc) is 2.49. The number of carbonyl (C=O) groups is 2. The summed E-state index contributed by atoms with van der Waals surface area (Å²) < 4.78 is 0. The molecule has 2 aliphatic carbocycles. The molecule has 0 heterocycles. The van der Waals surface area contributed by atoms with E-state index < -0.39 is 0 Å². The van der Waals surface area contributed by atoms with Gasteiger partial charge in [0.1, 0.15) is 0 Å². The van der Waals surface area contributed by atoms with Crippen LogP contribution in [-0.4, -0.2) is 16.7 Å². The predicted molar refractivity (Wildman–Crippen MR) is 92.1 cm³/mol. The molecule has 2 aliphatic rings. The number of aliphatic hydroxyl groups excluding tert-OH is 1. The molecule has 2 rings (SSSR count). The highest BCUT2D eigenvalue weighted by molar-refractivity contribution is 6.24. The minimum atomic E-state index is -0.349. The summed E-state index contributed by atoms with van der Waals surface area (Å²) in [5, 5.41) is 9.97. The molecule has 0 aromatic rings. The molecule has 0 fully saturated rings. The van der Waals surface area contributed by atoms with Crippen molar-refractivity contribution in [2.24, 2.45) is 17.8 Å². The van der Waals surface area contributed by atoms with Gasteiger partial charge in [0.2, 0.25) is 5.78 Å². The van der Waals surface area contributed by atoms with Gasteiger partial charge in [0.05, 0.1) is 0 Å². The highest BCUT2D eigenvalue weighted by atomic mass is 16.3. The Morgan fingerprint density at radius 3 is 2.48 bits per heavy atom. The van der Waals surface area contributed by atoms with Gasteiger partial charge in [-0.1, -0.05) is 25.5 Å². The first kappa shape index (κ1) is 17.7. The van der Waals surface area contributed by atoms with Gasteiger partial charge in [0.15, 0.2) is 11.5 Å². The van der Waals surface area contributed by atoms with Gasteiger partial charge in [-0.2, -0.15) is 0 Å². The van der Waals surface area contributed by atoms with E-state index >= 15 is 0 Å². The van der Waals surface area contributed by atoms with Crippen LogP contribution in [0.3, 0.4) is 0 Å². The van der Waals surface area contributed by atoms with E-state index in [-0.39, 0.29) is 34.7 Å². The Labute approximate surface area is 139 Å². The predicted octanol–water partition coefficient (Wildman–Crippen LogP) is 4.70. The van der Waals surface area contributed by atoms with E-state index in [1.807, 2.05) is 6.92 Å². The van der Waals surface area contributed by atoms with Crippen LogP contribution in [0.25, 0.3) is 0 Å². The number of carbonyl (C=O) groups excluding carboxylic acids is 2. The Kier molecular flexibility index (Phi) is 5.28. The fraction of sp³-hybridized carbons (Fsp3) is 0.600. The number of hydrogen-bond acceptors (Lipinski definition) is 3. The standard InChI is InChI=1S/C20H28O3/c1-11(2)7-6-8-12(3)15-10-9-13(4)16-17(15)18(21)14(5)19(22)20(16)23/h7,12-13,15,22H,6,8-10H2,1-5H3/t12-,13-,15?/m0/s1. The molecule has 0 amide bonds. The smallest absolute Gasteiger partial charge is 0.224 e. The first-order valence-electron chi connectivity index (χ1n) is 8.62. The summed E-state index contributed by atoms with van der Waals surface area (Å²) in [7, 11) is 0. The van der Waals surface area contributed by atoms with Gasteiger partial charge in [0.25, 0.3) is 0 Å². The van der Waals surface area contributed by atoms with E-state index in [4.69, 9.17) is 0 Å². The molecule has 3 nitrogen and oxygen atoms in total. The summed E-state index contributed by atoms with van der Waals surface area (Å²) in [5.74, 6) is -0.260. The number of rotatable bonds is 4. The summed E-state index contributed by atoms with van der Waals surface area (Å²) in [5.41, 5.74) is 2.78. The van der Waals surface area contributed by atoms with Crippen LogP contribution in [0.4, 0.5) is 0 Å². The van der Waals surface area contributed by atoms with E-state index in [0.29, 0.717) is 17.1 Å². The van der Waals surface area contributed by atoms with Crippen molar-refractivity contribution in [3.8, 4) is 0 Å². The molecular formula is C20H28O3. The maximum atomic E-state index is 12.7. The summed E-state index contributed by atoms with van der Waals surface area (Å²) in [6.07, 6.45) is 6.09. The van der Waals surface area contributed by atoms with Crippen molar-refractivity contribution < 1.29 is 14.7 Å². The lowest BCUT2D eigenvalue weighted by atomic mass is 9.66. The van der Waals surface area contributed by atoms with Crippen molar-refractivity contribution in [2.75, 3.05) is 0 Å². The van der Waals surface area contributed by atoms with Crippen LogP contribution in [0.1, 0.15) is 60.3 Å². The highest BCUT2D eigenvalue weighted by Crippen LogP contribution is 2.44. The van der Waals surface area contributed by atoms with Gasteiger partial charge >= 0.3 is 0 Å². The molecule has 3 heteroatoms. The largest absolute Gasteiger partial charge is 0.504 e. The third-order valence-corrected chi connectivity index (χ3v) is 5.33. The Hall–Kier alpha value is -1.64. The molecule has 0 bridgehead atoms. The zero-order chi connectivity index (χ0) is 17.3. The maximum Gasteiger partial charge on any atom is 0.224 e. The number of Topliss-reactive ketones (excluding diaryl/α,β-unsaturated/α-hetero) is 2. The van der Waals surface area contributed by atoms with E-state index in [1.165, 1.54) is 5.57 Å². The highest BCUT2D eigenvalue weighted by Gasteiger charge is 2.42. The Bertz CT molecular complexity index is 615. The molecule has 126 valence electrons. The minimum absolute atomic E-state index is 0.0536. The quantitative estimate of drug-likeness (QED) is 0.604. The summed E-state index contributed by atoms with van der Waals surface area (Å²) in [6.45, 7) is 9.90. The molecule has 0 spiro atoms. The normalized spacial score (nSPS) is 26.3. The van der Waals surface area contributed by atoms with Crippen molar-refractivity contribution in [2.45, 2.75) is 60.3 Å². The fourth-order valence-corrected chi connectivity index (χ4v) is 3.83. The topological polar surface area (TPSA) is 54.4 Å². The van der Waals surface area contributed by atoms with Crippen molar-refractivity contribution >= 4 is 11.6 Å². The van der Waals surface area contributed by atoms with Crippen LogP contribution in [0.2, 0.25) is 0 Å². The Morgan fingerprint density at radius 1 is 1.22 bits per heavy atom. The van der Waals surface area contributed by atoms with Gasteiger partial charge in [0, 0.05) is 16.7 Å². The molecule has 0 aromatic heterocycles. The van der Waals surface area contributed by atoms with Crippen molar-refractivity contribution in [3.05, 3.63) is 34.1 Å². The zero-order valence-corrected chi connectivity index (χ0v) is 14.9. The number of aliphatic hydroxyl groups is 1. The van der Waals surface area contributed by atoms with E-state index in [0.717, 1.165) is 25.7 Å². The molecule has 0 radical (unpaired) electrons. The summed E-state index contributed by atoms with van der Waals surface area (Å²) in [4.78, 5) is 25.2. The van der Waals surface area contributed by atoms with Crippen molar-refractivity contribution in [1.29, 1.82) is 0 Å². The van der Waals surface area contributed by atoms with E-state index in [9.17, 15) is 14.7 Å². The van der Waals surface area contributed by atoms with Gasteiger partial charge in [-0.05, 0) is 64.2 Å². The summed E-state index contributed by atoms with van der Waals surface area (Å²) >= 11 is 0. The lowest BCUT2D eigenvalue weighted by Crippen LogP contribution is -2.35. The van der Waals surface area contributed by atoms with E-state index in [1.54, 1.807) is 6.92 Å². The number of ketones is 2. The summed E-state index contributed by atoms with van der Waals surface area (Å²) in [6, 6.07) is 0. The van der Waals surface area contributed by atoms with Gasteiger partial charge in [-0.25, -0.2) is 0 Å². The second-order valence-electron chi connectivity index (χ2n) is 7.38. The fourth-order valence-electron chi connectivity index (χ4n) is 3.83. The number of hydrogen-bond donors (Lipinski definition) is 1. The Balaban J connectivity index is 2.32. The third kappa shape index (κ3) is 3.34. The lowest BCUT2D eigenvalue weighted by molar-refractivity contribution is -0.119. The molecule has 1 unspecified atom stereocenters. The van der Waals surface area contributed by atoms with Crippen molar-refractivity contribution in [3.63, 3.8) is 0 Å². The zero-order valence-electron chi connectivity index (χ0n) is 14.9. The SMILES string of the molecule is CC(C)=CCC[C@H](C)C1CC[C@H](C)C2=C1C(=O)C(C)=C(O)C2=O. The monoisotopic (exact) mass is 316 g/mol. The van der Waals surface area contributed by atoms with Crippen LogP contribution in [-0.2, 0) is 9.59 Å². The Morgan fingerprint density at radius 2 is 1.87 bits per heavy atom. The number of allylic oxidation sites excluding steroid dienone is 5. The van der Waals surface area contributed by atoms with Gasteiger partial charge in [-0.15, -0.1) is 0 Å². The van der Waals surface area contributed by atoms with E-state index in [2.05, 4.69) is 26.8 Å². The first-order chi connectivity index (χ1) is 10.8. The van der Waals surface area contributed by atoms with Crippen LogP contribution in [0, 0.1) is 17.8 Å². The second kappa shape index (κ2) is 6.86. The first-order valence-corrected chi connectivity index (χ1v) is 8.62. The van der Waals surface area contributed by atoms with Crippen molar-refractivity contribution in [1.82, 2.24) is 0 Å². The molecular weight excluding hydrogens is 288 g/mol. The third-order valence-electron chi connectivity index (χ3n) is 5.33. The second-order valence-corrected chi connectivity index (χ2v) is 7.38. The average molecular weight is 316 g/mol. The molecule has 0 saturated carbocycles. The molecule has 0 aliphatic heterocycles. The van der Waals surface area contributed by atoms with Crippen LogP contribution < -0.4 is 0 Å². The van der Waals surface area contributed by atoms with Crippen LogP contribution in [0.5, 0.6) is 0 Å². The maximum absolute atomic E-state index is 12.7. The van der Waals surface area contributed by atoms with Crippen LogP contribution >= 0.6 is 0 Å². The lowest BCUT2D eigenvalue weighted by Gasteiger charge is -2.36. The molecule has 1 N–H and O–H groups in total. The molecule has 23 heavy (non-hydrogen) atoms.